The first-order chi connectivity index (χ1) is 20.2. The van der Waals surface area contributed by atoms with Gasteiger partial charge in [-0.15, -0.1) is 24.7 Å². The zero-order valence-electron chi connectivity index (χ0n) is 24.5. The number of likely N-dealkylation sites (N-methyl/N-ethyl adjacent to an activating group) is 1. The fourth-order valence-corrected chi connectivity index (χ4v) is 5.12. The molecule has 0 aromatic heterocycles. The van der Waals surface area contributed by atoms with Crippen LogP contribution in [0.1, 0.15) is 63.4 Å². The maximum atomic E-state index is 13.5. The van der Waals surface area contributed by atoms with E-state index in [1.807, 2.05) is 6.07 Å². The van der Waals surface area contributed by atoms with Gasteiger partial charge in [-0.3, -0.25) is 9.59 Å². The summed E-state index contributed by atoms with van der Waals surface area (Å²) in [6.45, 7) is 0.454. The van der Waals surface area contributed by atoms with E-state index in [2.05, 4.69) is 22.5 Å². The van der Waals surface area contributed by atoms with Gasteiger partial charge in [0, 0.05) is 39.4 Å². The summed E-state index contributed by atoms with van der Waals surface area (Å²) in [7, 11) is 1.51. The number of carbonyl (C=O) groups excluding carboxylic acids is 3. The van der Waals surface area contributed by atoms with Crippen LogP contribution in [0.3, 0.4) is 0 Å². The molecule has 230 valence electrons. The van der Waals surface area contributed by atoms with E-state index in [0.717, 1.165) is 37.7 Å². The van der Waals surface area contributed by atoms with E-state index in [4.69, 9.17) is 23.3 Å². The van der Waals surface area contributed by atoms with Crippen LogP contribution in [0.4, 0.5) is 4.79 Å². The summed E-state index contributed by atoms with van der Waals surface area (Å²) in [5.41, 5.74) is 6.29. The van der Waals surface area contributed by atoms with Crippen LogP contribution >= 0.6 is 0 Å². The lowest BCUT2D eigenvalue weighted by molar-refractivity contribution is -0.135. The van der Waals surface area contributed by atoms with Crippen molar-refractivity contribution in [3.05, 3.63) is 35.9 Å². The summed E-state index contributed by atoms with van der Waals surface area (Å²) in [6, 6.07) is 7.10. The molecule has 0 radical (unpaired) electrons. The Morgan fingerprint density at radius 1 is 1.07 bits per heavy atom. The molecule has 0 aliphatic heterocycles. The summed E-state index contributed by atoms with van der Waals surface area (Å²) in [6.07, 6.45) is 12.6. The zero-order valence-corrected chi connectivity index (χ0v) is 24.5. The number of nitrogens with zero attached hydrogens (tertiary/aromatic N) is 1. The highest BCUT2D eigenvalue weighted by molar-refractivity contribution is 5.90. The number of nitrogens with two attached hydrogens (primary N) is 1. The summed E-state index contributed by atoms with van der Waals surface area (Å²) < 4.78 is 5.52. The van der Waals surface area contributed by atoms with Crippen LogP contribution < -0.4 is 16.4 Å². The number of terminal acetylenes is 2. The molecule has 10 heteroatoms. The van der Waals surface area contributed by atoms with Gasteiger partial charge in [0.1, 0.15) is 12.1 Å². The predicted octanol–water partition coefficient (Wildman–Crippen LogP) is 1.72. The van der Waals surface area contributed by atoms with Crippen LogP contribution in [0, 0.1) is 30.6 Å². The number of rotatable bonds is 16. The van der Waals surface area contributed by atoms with Gasteiger partial charge in [-0.05, 0) is 24.3 Å². The minimum atomic E-state index is -1.25. The number of hydrogen-bond donors (Lipinski definition) is 5. The van der Waals surface area contributed by atoms with Gasteiger partial charge in [0.05, 0.1) is 12.1 Å². The normalized spacial score (nSPS) is 16.9. The van der Waals surface area contributed by atoms with Gasteiger partial charge in [-0.25, -0.2) is 4.79 Å². The van der Waals surface area contributed by atoms with Gasteiger partial charge in [0.2, 0.25) is 5.91 Å². The van der Waals surface area contributed by atoms with E-state index in [0.29, 0.717) is 6.42 Å². The maximum absolute atomic E-state index is 13.5. The SMILES string of the molecule is C#CCC[C@H](O)[C@H](O)[C@H](CC1CCCCC1)NC(=O)[C@H](CC#C)NC(=O)[C@H](Cc1ccccc1)OC(=O)N(C)CCN. The number of amides is 3. The van der Waals surface area contributed by atoms with Crippen molar-refractivity contribution in [3.63, 3.8) is 0 Å². The van der Waals surface area contributed by atoms with Crippen molar-refractivity contribution in [2.45, 2.75) is 94.6 Å². The Bertz CT molecular complexity index is 1060. The van der Waals surface area contributed by atoms with Gasteiger partial charge >= 0.3 is 6.09 Å². The number of hydrogen-bond acceptors (Lipinski definition) is 7. The minimum Gasteiger partial charge on any atom is -0.436 e. The van der Waals surface area contributed by atoms with Gasteiger partial charge in [-0.2, -0.15) is 0 Å². The average molecular weight is 583 g/mol. The van der Waals surface area contributed by atoms with Gasteiger partial charge in [0.25, 0.3) is 5.91 Å². The third-order valence-electron chi connectivity index (χ3n) is 7.56. The fraction of sp³-hybridized carbons (Fsp3) is 0.594. The van der Waals surface area contributed by atoms with Crippen molar-refractivity contribution < 1.29 is 29.3 Å². The van der Waals surface area contributed by atoms with Gasteiger partial charge < -0.3 is 36.2 Å². The maximum Gasteiger partial charge on any atom is 0.410 e. The molecule has 0 unspecified atom stereocenters. The zero-order chi connectivity index (χ0) is 30.9. The molecule has 1 saturated carbocycles. The molecule has 1 aromatic rings. The Labute approximate surface area is 249 Å². The summed E-state index contributed by atoms with van der Waals surface area (Å²) in [4.78, 5) is 40.8. The lowest BCUT2D eigenvalue weighted by Gasteiger charge is -2.33. The third-order valence-corrected chi connectivity index (χ3v) is 7.56. The van der Waals surface area contributed by atoms with Crippen molar-refractivity contribution in [1.29, 1.82) is 0 Å². The quantitative estimate of drug-likeness (QED) is 0.186. The smallest absolute Gasteiger partial charge is 0.410 e. The van der Waals surface area contributed by atoms with Crippen molar-refractivity contribution in [1.82, 2.24) is 15.5 Å². The number of ether oxygens (including phenoxy) is 1. The molecule has 0 bridgehead atoms. The Hall–Kier alpha value is -3.57. The van der Waals surface area contributed by atoms with Crippen LogP contribution in [0.2, 0.25) is 0 Å². The van der Waals surface area contributed by atoms with E-state index in [9.17, 15) is 24.6 Å². The first-order valence-electron chi connectivity index (χ1n) is 14.7. The molecule has 6 N–H and O–H groups in total. The second-order valence-corrected chi connectivity index (χ2v) is 10.9. The molecule has 5 atom stereocenters. The predicted molar refractivity (Wildman–Crippen MR) is 161 cm³/mol. The molecule has 42 heavy (non-hydrogen) atoms. The molecule has 1 aromatic carbocycles. The van der Waals surface area contributed by atoms with Crippen LogP contribution in [0.15, 0.2) is 30.3 Å². The molecule has 1 aliphatic rings. The third kappa shape index (κ3) is 11.7. The molecule has 0 saturated heterocycles. The molecular weight excluding hydrogens is 536 g/mol. The summed E-state index contributed by atoms with van der Waals surface area (Å²) in [5, 5.41) is 27.0. The van der Waals surface area contributed by atoms with Crippen molar-refractivity contribution in [2.75, 3.05) is 20.1 Å². The highest BCUT2D eigenvalue weighted by Crippen LogP contribution is 2.28. The lowest BCUT2D eigenvalue weighted by atomic mass is 9.82. The molecule has 1 aliphatic carbocycles. The van der Waals surface area contributed by atoms with Gasteiger partial charge in [-0.1, -0.05) is 62.4 Å². The number of nitrogens with one attached hydrogen (secondary N) is 2. The van der Waals surface area contributed by atoms with E-state index >= 15 is 0 Å². The largest absolute Gasteiger partial charge is 0.436 e. The van der Waals surface area contributed by atoms with Crippen LogP contribution in [0.25, 0.3) is 0 Å². The van der Waals surface area contributed by atoms with Gasteiger partial charge in [0.15, 0.2) is 6.10 Å². The lowest BCUT2D eigenvalue weighted by Crippen LogP contribution is -2.56. The van der Waals surface area contributed by atoms with E-state index in [-0.39, 0.29) is 44.7 Å². The van der Waals surface area contributed by atoms with Crippen molar-refractivity contribution in [3.8, 4) is 24.7 Å². The molecule has 0 spiro atoms. The molecule has 10 nitrogen and oxygen atoms in total. The molecule has 3 amide bonds. The molecule has 1 fully saturated rings. The first kappa shape index (κ1) is 34.6. The van der Waals surface area contributed by atoms with Crippen LogP contribution in [-0.2, 0) is 20.7 Å². The van der Waals surface area contributed by atoms with Crippen LogP contribution in [-0.4, -0.2) is 83.6 Å². The second-order valence-electron chi connectivity index (χ2n) is 10.9. The highest BCUT2D eigenvalue weighted by Gasteiger charge is 2.34. The van der Waals surface area contributed by atoms with E-state index in [1.165, 1.54) is 11.9 Å². The molecular formula is C32H46N4O6. The standard InChI is InChI=1S/C32H46N4O6/c1-4-6-18-27(37)29(38)26(21-23-14-9-7-10-15-23)35-30(39)25(13-5-2)34-31(40)28(22-24-16-11-8-12-17-24)42-32(41)36(3)20-19-33/h1-2,8,11-12,16-17,23,25-29,37-38H,6-7,9-10,13-15,18-22,33H2,3H3,(H,34,40)(H,35,39)/t25-,26-,27-,28-,29+/m0/s1. The molecule has 2 rings (SSSR count). The second kappa shape index (κ2) is 18.8. The minimum absolute atomic E-state index is 0.0731. The monoisotopic (exact) mass is 582 g/mol. The van der Waals surface area contributed by atoms with Crippen molar-refractivity contribution >= 4 is 17.9 Å². The van der Waals surface area contributed by atoms with E-state index < -0.39 is 48.3 Å². The Balaban J connectivity index is 2.21. The summed E-state index contributed by atoms with van der Waals surface area (Å²) in [5.74, 6) is 3.85. The number of aliphatic hydroxyl groups excluding tert-OH is 2. The molecule has 0 heterocycles. The highest BCUT2D eigenvalue weighted by atomic mass is 16.6. The topological polar surface area (TPSA) is 154 Å². The Kier molecular flexibility index (Phi) is 15.5. The number of benzene rings is 1. The number of carbonyl (C=O) groups is 3. The fourth-order valence-electron chi connectivity index (χ4n) is 5.12. The Morgan fingerprint density at radius 3 is 2.38 bits per heavy atom. The van der Waals surface area contributed by atoms with Crippen molar-refractivity contribution in [2.24, 2.45) is 11.7 Å². The average Bonchev–Trinajstić information content (AvgIpc) is 2.99. The van der Waals surface area contributed by atoms with Crippen LogP contribution in [0.5, 0.6) is 0 Å². The van der Waals surface area contributed by atoms with E-state index in [1.54, 1.807) is 24.3 Å². The first-order valence-corrected chi connectivity index (χ1v) is 14.7. The number of aliphatic hydroxyl groups is 2. The summed E-state index contributed by atoms with van der Waals surface area (Å²) >= 11 is 0. The Morgan fingerprint density at radius 2 is 1.76 bits per heavy atom.